The van der Waals surface area contributed by atoms with Crippen molar-refractivity contribution < 1.29 is 9.47 Å². The van der Waals surface area contributed by atoms with Gasteiger partial charge in [-0.05, 0) is 6.07 Å². The highest BCUT2D eigenvalue weighted by atomic mass is 35.5. The van der Waals surface area contributed by atoms with Crippen molar-refractivity contribution in [1.82, 2.24) is 24.9 Å². The molecular formula is C13H16ClN5O2. The Hall–Kier alpha value is -1.70. The van der Waals surface area contributed by atoms with Crippen LogP contribution in [0.25, 0.3) is 0 Å². The van der Waals surface area contributed by atoms with Crippen molar-refractivity contribution in [2.24, 2.45) is 0 Å². The summed E-state index contributed by atoms with van der Waals surface area (Å²) in [6.45, 7) is 5.34. The van der Waals surface area contributed by atoms with E-state index in [4.69, 9.17) is 21.1 Å². The lowest BCUT2D eigenvalue weighted by molar-refractivity contribution is 0.0359. The van der Waals surface area contributed by atoms with Crippen LogP contribution < -0.4 is 4.74 Å². The summed E-state index contributed by atoms with van der Waals surface area (Å²) in [5.74, 6) is 0.867. The van der Waals surface area contributed by atoms with Gasteiger partial charge in [-0.3, -0.25) is 9.58 Å². The Morgan fingerprint density at radius 1 is 1.10 bits per heavy atom. The van der Waals surface area contributed by atoms with Crippen molar-refractivity contribution in [3.8, 4) is 11.8 Å². The molecule has 1 saturated heterocycles. The highest BCUT2D eigenvalue weighted by Crippen LogP contribution is 2.16. The van der Waals surface area contributed by atoms with Crippen LogP contribution in [0.5, 0.6) is 11.8 Å². The summed E-state index contributed by atoms with van der Waals surface area (Å²) in [7, 11) is 0. The zero-order valence-corrected chi connectivity index (χ0v) is 12.2. The van der Waals surface area contributed by atoms with Crippen molar-refractivity contribution >= 4 is 11.6 Å². The zero-order valence-electron chi connectivity index (χ0n) is 11.5. The maximum Gasteiger partial charge on any atom is 0.240 e. The van der Waals surface area contributed by atoms with Gasteiger partial charge in [-0.1, -0.05) is 11.6 Å². The molecule has 112 valence electrons. The average Bonchev–Trinajstić information content (AvgIpc) is 2.96. The predicted octanol–water partition coefficient (Wildman–Crippen LogP) is 1.45. The first-order valence-electron chi connectivity index (χ1n) is 6.80. The van der Waals surface area contributed by atoms with Crippen molar-refractivity contribution in [2.45, 2.75) is 6.54 Å². The number of aromatic nitrogens is 4. The molecule has 0 radical (unpaired) electrons. The van der Waals surface area contributed by atoms with Crippen LogP contribution in [0.15, 0.2) is 24.4 Å². The quantitative estimate of drug-likeness (QED) is 0.833. The van der Waals surface area contributed by atoms with Gasteiger partial charge in [0.05, 0.1) is 19.8 Å². The lowest BCUT2D eigenvalue weighted by Crippen LogP contribution is -2.38. The summed E-state index contributed by atoms with van der Waals surface area (Å²) < 4.78 is 12.7. The van der Waals surface area contributed by atoms with E-state index in [0.717, 1.165) is 39.4 Å². The van der Waals surface area contributed by atoms with Gasteiger partial charge in [0.1, 0.15) is 0 Å². The summed E-state index contributed by atoms with van der Waals surface area (Å²) in [5.41, 5.74) is 0. The van der Waals surface area contributed by atoms with Crippen molar-refractivity contribution in [3.63, 3.8) is 0 Å². The summed E-state index contributed by atoms with van der Waals surface area (Å²) >= 11 is 5.67. The van der Waals surface area contributed by atoms with E-state index in [1.165, 1.54) is 0 Å². The molecule has 7 nitrogen and oxygen atoms in total. The Morgan fingerprint density at radius 3 is 2.71 bits per heavy atom. The van der Waals surface area contributed by atoms with E-state index in [0.29, 0.717) is 16.9 Å². The van der Waals surface area contributed by atoms with Gasteiger partial charge >= 0.3 is 0 Å². The molecule has 8 heteroatoms. The second kappa shape index (κ2) is 6.84. The summed E-state index contributed by atoms with van der Waals surface area (Å²) in [6.07, 6.45) is 1.89. The smallest absolute Gasteiger partial charge is 0.240 e. The van der Waals surface area contributed by atoms with Crippen LogP contribution in [0.4, 0.5) is 0 Å². The van der Waals surface area contributed by atoms with Crippen LogP contribution >= 0.6 is 11.6 Å². The minimum atomic E-state index is 0.332. The van der Waals surface area contributed by atoms with Gasteiger partial charge in [0, 0.05) is 38.0 Å². The molecule has 1 fully saturated rings. The minimum Gasteiger partial charge on any atom is -0.417 e. The van der Waals surface area contributed by atoms with Gasteiger partial charge in [-0.15, -0.1) is 15.3 Å². The van der Waals surface area contributed by atoms with Gasteiger partial charge in [-0.2, -0.15) is 0 Å². The van der Waals surface area contributed by atoms with Gasteiger partial charge in [0.2, 0.25) is 11.8 Å². The Balaban J connectivity index is 1.52. The Morgan fingerprint density at radius 2 is 1.95 bits per heavy atom. The third-order valence-electron chi connectivity index (χ3n) is 3.18. The van der Waals surface area contributed by atoms with E-state index < -0.39 is 0 Å². The van der Waals surface area contributed by atoms with Gasteiger partial charge in [0.15, 0.2) is 5.15 Å². The summed E-state index contributed by atoms with van der Waals surface area (Å²) in [4.78, 5) is 2.36. The van der Waals surface area contributed by atoms with E-state index >= 15 is 0 Å². The Labute approximate surface area is 127 Å². The molecular weight excluding hydrogens is 294 g/mol. The average molecular weight is 310 g/mol. The zero-order chi connectivity index (χ0) is 14.5. The summed E-state index contributed by atoms with van der Waals surface area (Å²) in [5, 5.41) is 12.2. The molecule has 0 spiro atoms. The Kier molecular flexibility index (Phi) is 4.64. The monoisotopic (exact) mass is 309 g/mol. The lowest BCUT2D eigenvalue weighted by Gasteiger charge is -2.26. The fourth-order valence-corrected chi connectivity index (χ4v) is 2.16. The number of rotatable bonds is 5. The number of nitrogens with zero attached hydrogens (tertiary/aromatic N) is 5. The highest BCUT2D eigenvalue weighted by Gasteiger charge is 2.10. The molecule has 21 heavy (non-hydrogen) atoms. The summed E-state index contributed by atoms with van der Waals surface area (Å²) in [6, 6.07) is 5.08. The molecule has 0 aliphatic carbocycles. The first-order chi connectivity index (χ1) is 10.3. The van der Waals surface area contributed by atoms with E-state index in [-0.39, 0.29) is 0 Å². The fraction of sp³-hybridized carbons (Fsp3) is 0.462. The Bertz CT molecular complexity index is 568. The van der Waals surface area contributed by atoms with Gasteiger partial charge in [0.25, 0.3) is 0 Å². The highest BCUT2D eigenvalue weighted by molar-refractivity contribution is 6.29. The van der Waals surface area contributed by atoms with Crippen LogP contribution in [-0.2, 0) is 11.3 Å². The second-order valence-corrected chi connectivity index (χ2v) is 5.05. The van der Waals surface area contributed by atoms with Crippen molar-refractivity contribution in [3.05, 3.63) is 29.5 Å². The number of hydrogen-bond acceptors (Lipinski definition) is 6. The molecule has 2 aromatic rings. The third kappa shape index (κ3) is 4.13. The third-order valence-corrected chi connectivity index (χ3v) is 3.38. The maximum atomic E-state index is 5.67. The minimum absolute atomic E-state index is 0.332. The molecule has 0 atom stereocenters. The molecule has 0 bridgehead atoms. The van der Waals surface area contributed by atoms with Gasteiger partial charge < -0.3 is 9.47 Å². The second-order valence-electron chi connectivity index (χ2n) is 4.67. The number of morpholine rings is 1. The van der Waals surface area contributed by atoms with E-state index in [2.05, 4.69) is 20.2 Å². The van der Waals surface area contributed by atoms with Crippen molar-refractivity contribution in [1.29, 1.82) is 0 Å². The molecule has 2 aromatic heterocycles. The van der Waals surface area contributed by atoms with Crippen LogP contribution in [0.1, 0.15) is 0 Å². The lowest BCUT2D eigenvalue weighted by atomic mass is 10.4. The molecule has 0 aromatic carbocycles. The predicted molar refractivity (Wildman–Crippen MR) is 76.6 cm³/mol. The molecule has 3 rings (SSSR count). The SMILES string of the molecule is Clc1ccc(Oc2ccn(CCN3CCOCC3)n2)nn1. The number of halogens is 1. The standard InChI is InChI=1S/C13H16ClN5O2/c14-11-1-2-12(16-15-11)21-13-3-4-19(17-13)6-5-18-7-9-20-10-8-18/h1-4H,5-10H2. The van der Waals surface area contributed by atoms with Crippen LogP contribution in [0, 0.1) is 0 Å². The molecule has 0 amide bonds. The molecule has 0 saturated carbocycles. The topological polar surface area (TPSA) is 65.3 Å². The maximum absolute atomic E-state index is 5.67. The van der Waals surface area contributed by atoms with E-state index in [1.807, 2.05) is 10.9 Å². The molecule has 1 aliphatic rings. The van der Waals surface area contributed by atoms with Crippen LogP contribution in [0.2, 0.25) is 5.15 Å². The molecule has 3 heterocycles. The largest absolute Gasteiger partial charge is 0.417 e. The first-order valence-corrected chi connectivity index (χ1v) is 7.18. The van der Waals surface area contributed by atoms with Crippen molar-refractivity contribution in [2.75, 3.05) is 32.8 Å². The normalized spacial score (nSPS) is 16.0. The number of ether oxygens (including phenoxy) is 2. The number of hydrogen-bond donors (Lipinski definition) is 0. The molecule has 1 aliphatic heterocycles. The van der Waals surface area contributed by atoms with E-state index in [1.54, 1.807) is 18.2 Å². The molecule has 0 unspecified atom stereocenters. The van der Waals surface area contributed by atoms with Crippen LogP contribution in [0.3, 0.4) is 0 Å². The van der Waals surface area contributed by atoms with Gasteiger partial charge in [-0.25, -0.2) is 0 Å². The fourth-order valence-electron chi connectivity index (χ4n) is 2.06. The first kappa shape index (κ1) is 14.2. The molecule has 0 N–H and O–H groups in total. The van der Waals surface area contributed by atoms with E-state index in [9.17, 15) is 0 Å². The van der Waals surface area contributed by atoms with Crippen LogP contribution in [-0.4, -0.2) is 57.7 Å².